The summed E-state index contributed by atoms with van der Waals surface area (Å²) in [6.07, 6.45) is 15.3. The van der Waals surface area contributed by atoms with Crippen molar-refractivity contribution in [1.82, 2.24) is 0 Å². The highest BCUT2D eigenvalue weighted by atomic mass is 14.0. The Morgan fingerprint density at radius 1 is 0.800 bits per heavy atom. The van der Waals surface area contributed by atoms with Crippen molar-refractivity contribution >= 4 is 0 Å². The maximum Gasteiger partial charge on any atom is -0.0445 e. The molecule has 0 aliphatic carbocycles. The van der Waals surface area contributed by atoms with Crippen molar-refractivity contribution in [1.29, 1.82) is 0 Å². The molecule has 0 fully saturated rings. The Morgan fingerprint density at radius 3 is 1.73 bits per heavy atom. The number of hydrogen-bond donors (Lipinski definition) is 0. The lowest BCUT2D eigenvalue weighted by molar-refractivity contribution is 0.469. The standard InChI is InChI=1S/C15H31/c1-4-6-7-8-9-10-11-12-13-14-15(3)5-2/h15H,1,4-14H2,2-3H3. The Kier molecular flexibility index (Phi) is 12.1. The second-order valence-corrected chi connectivity index (χ2v) is 4.98. The number of unbranched alkanes of at least 4 members (excludes halogenated alkanes) is 8. The lowest BCUT2D eigenvalue weighted by Gasteiger charge is -2.07. The second kappa shape index (κ2) is 12.1. The Hall–Kier alpha value is 0. The smallest absolute Gasteiger partial charge is 0.0445 e. The number of hydrogen-bond acceptors (Lipinski definition) is 0. The van der Waals surface area contributed by atoms with Crippen molar-refractivity contribution < 1.29 is 0 Å². The van der Waals surface area contributed by atoms with Crippen molar-refractivity contribution in [2.24, 2.45) is 5.92 Å². The van der Waals surface area contributed by atoms with Gasteiger partial charge in [-0.25, -0.2) is 0 Å². The zero-order valence-corrected chi connectivity index (χ0v) is 11.1. The van der Waals surface area contributed by atoms with Gasteiger partial charge in [-0.15, -0.1) is 0 Å². The van der Waals surface area contributed by atoms with Crippen molar-refractivity contribution in [3.05, 3.63) is 6.92 Å². The quantitative estimate of drug-likeness (QED) is 0.381. The van der Waals surface area contributed by atoms with Crippen LogP contribution in [0.4, 0.5) is 0 Å². The van der Waals surface area contributed by atoms with Gasteiger partial charge >= 0.3 is 0 Å². The Labute approximate surface area is 97.8 Å². The lowest BCUT2D eigenvalue weighted by Crippen LogP contribution is -1.91. The minimum absolute atomic E-state index is 0.946. The molecular weight excluding hydrogens is 180 g/mol. The Balaban J connectivity index is 2.92. The average molecular weight is 211 g/mol. The van der Waals surface area contributed by atoms with Gasteiger partial charge in [0.15, 0.2) is 0 Å². The normalized spacial score (nSPS) is 13.0. The van der Waals surface area contributed by atoms with Crippen LogP contribution in [0.1, 0.15) is 84.5 Å². The summed E-state index contributed by atoms with van der Waals surface area (Å²) in [7, 11) is 0. The maximum absolute atomic E-state index is 3.87. The van der Waals surface area contributed by atoms with Crippen LogP contribution in [0.5, 0.6) is 0 Å². The molecule has 0 nitrogen and oxygen atoms in total. The fourth-order valence-corrected chi connectivity index (χ4v) is 1.93. The summed E-state index contributed by atoms with van der Waals surface area (Å²) in [4.78, 5) is 0. The molecule has 0 heterocycles. The van der Waals surface area contributed by atoms with Gasteiger partial charge in [0.2, 0.25) is 0 Å². The van der Waals surface area contributed by atoms with Gasteiger partial charge in [-0.1, -0.05) is 91.4 Å². The van der Waals surface area contributed by atoms with Gasteiger partial charge in [-0.05, 0) is 5.92 Å². The predicted molar refractivity (Wildman–Crippen MR) is 71.0 cm³/mol. The predicted octanol–water partition coefficient (Wildman–Crippen LogP) is 5.77. The van der Waals surface area contributed by atoms with E-state index >= 15 is 0 Å². The maximum atomic E-state index is 3.87. The Morgan fingerprint density at radius 2 is 1.27 bits per heavy atom. The summed E-state index contributed by atoms with van der Waals surface area (Å²) < 4.78 is 0. The molecule has 0 amide bonds. The lowest BCUT2D eigenvalue weighted by atomic mass is 9.99. The van der Waals surface area contributed by atoms with Crippen molar-refractivity contribution in [3.8, 4) is 0 Å². The van der Waals surface area contributed by atoms with Crippen LogP contribution in [0.3, 0.4) is 0 Å². The zero-order valence-electron chi connectivity index (χ0n) is 11.1. The van der Waals surface area contributed by atoms with Crippen molar-refractivity contribution in [2.75, 3.05) is 0 Å². The van der Waals surface area contributed by atoms with Gasteiger partial charge in [0.25, 0.3) is 0 Å². The van der Waals surface area contributed by atoms with Gasteiger partial charge in [0.1, 0.15) is 0 Å². The molecule has 0 spiro atoms. The first-order chi connectivity index (χ1) is 7.31. The van der Waals surface area contributed by atoms with E-state index in [9.17, 15) is 0 Å². The second-order valence-electron chi connectivity index (χ2n) is 4.98. The van der Waals surface area contributed by atoms with Gasteiger partial charge in [0.05, 0.1) is 0 Å². The van der Waals surface area contributed by atoms with Gasteiger partial charge < -0.3 is 0 Å². The van der Waals surface area contributed by atoms with E-state index in [1.807, 2.05) is 0 Å². The first kappa shape index (κ1) is 15.0. The van der Waals surface area contributed by atoms with Crippen LogP contribution in [0, 0.1) is 12.8 Å². The highest BCUT2D eigenvalue weighted by Gasteiger charge is 1.97. The van der Waals surface area contributed by atoms with Crippen LogP contribution < -0.4 is 0 Å². The molecule has 0 aromatic heterocycles. The molecule has 0 aliphatic rings. The van der Waals surface area contributed by atoms with Crippen LogP contribution in [0.15, 0.2) is 0 Å². The van der Waals surface area contributed by atoms with Gasteiger partial charge in [-0.2, -0.15) is 0 Å². The Bertz CT molecular complexity index is 107. The molecule has 0 rings (SSSR count). The van der Waals surface area contributed by atoms with E-state index in [1.165, 1.54) is 64.2 Å². The molecule has 15 heavy (non-hydrogen) atoms. The van der Waals surface area contributed by atoms with Gasteiger partial charge in [-0.3, -0.25) is 0 Å². The molecule has 1 radical (unpaired) electrons. The largest absolute Gasteiger partial charge is 0.0651 e. The van der Waals surface area contributed by atoms with E-state index in [0.717, 1.165) is 12.3 Å². The fraction of sp³-hybridized carbons (Fsp3) is 0.933. The van der Waals surface area contributed by atoms with Crippen molar-refractivity contribution in [2.45, 2.75) is 84.5 Å². The third-order valence-electron chi connectivity index (χ3n) is 3.39. The minimum atomic E-state index is 0.946. The van der Waals surface area contributed by atoms with Crippen LogP contribution in [0.2, 0.25) is 0 Å². The minimum Gasteiger partial charge on any atom is -0.0651 e. The fourth-order valence-electron chi connectivity index (χ4n) is 1.93. The monoisotopic (exact) mass is 211 g/mol. The van der Waals surface area contributed by atoms with Crippen LogP contribution in [0.25, 0.3) is 0 Å². The average Bonchev–Trinajstić information content (AvgIpc) is 2.26. The summed E-state index contributed by atoms with van der Waals surface area (Å²) >= 11 is 0. The van der Waals surface area contributed by atoms with Crippen LogP contribution >= 0.6 is 0 Å². The van der Waals surface area contributed by atoms with E-state index in [2.05, 4.69) is 20.8 Å². The summed E-state index contributed by atoms with van der Waals surface area (Å²) in [5.41, 5.74) is 0. The molecule has 0 heteroatoms. The summed E-state index contributed by atoms with van der Waals surface area (Å²) in [6.45, 7) is 8.54. The highest BCUT2D eigenvalue weighted by molar-refractivity contribution is 4.52. The first-order valence-corrected chi connectivity index (χ1v) is 7.10. The van der Waals surface area contributed by atoms with E-state index in [1.54, 1.807) is 0 Å². The zero-order chi connectivity index (χ0) is 11.4. The third kappa shape index (κ3) is 11.9. The van der Waals surface area contributed by atoms with Crippen LogP contribution in [-0.4, -0.2) is 0 Å². The third-order valence-corrected chi connectivity index (χ3v) is 3.39. The molecule has 91 valence electrons. The molecule has 0 bridgehead atoms. The molecule has 0 saturated heterocycles. The molecule has 0 aromatic carbocycles. The summed E-state index contributed by atoms with van der Waals surface area (Å²) in [5, 5.41) is 0. The summed E-state index contributed by atoms with van der Waals surface area (Å²) in [5.74, 6) is 0.946. The summed E-state index contributed by atoms with van der Waals surface area (Å²) in [6, 6.07) is 0. The van der Waals surface area contributed by atoms with E-state index in [0.29, 0.717) is 0 Å². The van der Waals surface area contributed by atoms with Gasteiger partial charge in [0, 0.05) is 0 Å². The van der Waals surface area contributed by atoms with E-state index in [4.69, 9.17) is 0 Å². The first-order valence-electron chi connectivity index (χ1n) is 7.10. The van der Waals surface area contributed by atoms with E-state index < -0.39 is 0 Å². The van der Waals surface area contributed by atoms with Crippen LogP contribution in [-0.2, 0) is 0 Å². The van der Waals surface area contributed by atoms with Crippen molar-refractivity contribution in [3.63, 3.8) is 0 Å². The molecule has 0 aromatic rings. The number of rotatable bonds is 11. The highest BCUT2D eigenvalue weighted by Crippen LogP contribution is 2.14. The molecule has 1 unspecified atom stereocenters. The molecule has 0 saturated carbocycles. The topological polar surface area (TPSA) is 0 Å². The molecule has 1 atom stereocenters. The van der Waals surface area contributed by atoms with E-state index in [-0.39, 0.29) is 0 Å². The SMILES string of the molecule is [CH2]CCCCCCCCCCC(C)CC. The molecule has 0 N–H and O–H groups in total. The molecular formula is C15H31. The molecule has 0 aliphatic heterocycles.